The monoisotopic (exact) mass is 220 g/mol. The van der Waals surface area contributed by atoms with Gasteiger partial charge >= 0.3 is 0 Å². The van der Waals surface area contributed by atoms with E-state index in [1.165, 1.54) is 0 Å². The van der Waals surface area contributed by atoms with Crippen LogP contribution in [0.5, 0.6) is 0 Å². The van der Waals surface area contributed by atoms with Crippen LogP contribution in [0.1, 0.15) is 0 Å². The predicted molar refractivity (Wildman–Crippen MR) is 21.3 cm³/mol. The Morgan fingerprint density at radius 2 is 1.00 bits per heavy atom. The van der Waals surface area contributed by atoms with Crippen LogP contribution in [-0.4, -0.2) is 4.30 Å². The molecule has 0 radical (unpaired) electrons. The first kappa shape index (κ1) is 9.71. The molecule has 0 N–H and O–H groups in total. The molecule has 0 saturated carbocycles. The average Bonchev–Trinajstić information content (AvgIpc) is 0.811. The fourth-order valence-electron chi connectivity index (χ4n) is 0. The van der Waals surface area contributed by atoms with Gasteiger partial charge in [0.15, 0.2) is 4.30 Å². The number of hydrogen-bond acceptors (Lipinski definition) is 0. The summed E-state index contributed by atoms with van der Waals surface area (Å²) < 4.78 is -0.750. The second-order valence-corrected chi connectivity index (χ2v) is 2.23. The van der Waals surface area contributed by atoms with Gasteiger partial charge in [-0.2, -0.15) is 0 Å². The molecule has 4 heteroatoms. The van der Waals surface area contributed by atoms with Gasteiger partial charge in [0.2, 0.25) is 0 Å². The minimum atomic E-state index is -0.750. The van der Waals surface area contributed by atoms with E-state index in [1.54, 1.807) is 0 Å². The maximum Gasteiger partial charge on any atom is 0.180 e. The van der Waals surface area contributed by atoms with Gasteiger partial charge in [0.25, 0.3) is 0 Å². The summed E-state index contributed by atoms with van der Waals surface area (Å²) in [5.41, 5.74) is 0. The van der Waals surface area contributed by atoms with Crippen molar-refractivity contribution in [3.05, 3.63) is 0 Å². The van der Waals surface area contributed by atoms with Crippen LogP contribution >= 0.6 is 34.8 Å². The van der Waals surface area contributed by atoms with Gasteiger partial charge in [0.1, 0.15) is 0 Å². The van der Waals surface area contributed by atoms with Gasteiger partial charge in [-0.25, -0.2) is 0 Å². The third kappa shape index (κ3) is 30.1. The Morgan fingerprint density at radius 1 is 1.00 bits per heavy atom. The van der Waals surface area contributed by atoms with Crippen LogP contribution in [0.4, 0.5) is 0 Å². The van der Waals surface area contributed by atoms with Crippen molar-refractivity contribution in [1.29, 1.82) is 0 Å². The summed E-state index contributed by atoms with van der Waals surface area (Å²) >= 11 is 14.4. The molecule has 0 unspecified atom stereocenters. The summed E-state index contributed by atoms with van der Waals surface area (Å²) in [6, 6.07) is 0. The third-order valence-corrected chi connectivity index (χ3v) is 0. The summed E-state index contributed by atoms with van der Waals surface area (Å²) in [6.45, 7) is 0. The zero-order chi connectivity index (χ0) is 3.58. The molecule has 0 aliphatic rings. The van der Waals surface area contributed by atoms with E-state index < -0.39 is 4.30 Å². The second kappa shape index (κ2) is 5.49. The zero-order valence-corrected chi connectivity index (χ0v) is 6.07. The van der Waals surface area contributed by atoms with Gasteiger partial charge in [-0.15, -0.1) is 0 Å². The van der Waals surface area contributed by atoms with E-state index in [0.717, 1.165) is 0 Å². The quantitative estimate of drug-likeness (QED) is 0.433. The second-order valence-electron chi connectivity index (χ2n) is 0.247. The van der Waals surface area contributed by atoms with Crippen LogP contribution in [0, 0.1) is 0 Å². The summed E-state index contributed by atoms with van der Waals surface area (Å²) in [7, 11) is 0. The zero-order valence-electron chi connectivity index (χ0n) is 2.06. The summed E-state index contributed by atoms with van der Waals surface area (Å²) in [6.07, 6.45) is 0. The topological polar surface area (TPSA) is 0 Å². The molecule has 0 aromatic rings. The normalized spacial score (nSPS) is 7.20. The number of hydrogen-bond donors (Lipinski definition) is 0. The molecule has 0 nitrogen and oxygen atoms in total. The van der Waals surface area contributed by atoms with Crippen molar-refractivity contribution in [3.63, 3.8) is 0 Å². The van der Waals surface area contributed by atoms with Crippen LogP contribution < -0.4 is 0 Å². The Hall–Kier alpha value is 1.49. The fraction of sp³-hybridized carbons (Fsp3) is 1.00. The Bertz CT molecular complexity index is 11.6. The molecule has 0 fully saturated rings. The van der Waals surface area contributed by atoms with Crippen LogP contribution in [0.2, 0.25) is 0 Å². The first-order chi connectivity index (χ1) is 1.73. The largest absolute Gasteiger partial charge is 0.180 e. The van der Waals surface area contributed by atoms with Crippen molar-refractivity contribution in [3.8, 4) is 0 Å². The van der Waals surface area contributed by atoms with Gasteiger partial charge < -0.3 is 0 Å². The molecular weight excluding hydrogens is 219 g/mol. The van der Waals surface area contributed by atoms with Crippen molar-refractivity contribution < 1.29 is 19.5 Å². The molecule has 0 aliphatic heterocycles. The van der Waals surface area contributed by atoms with E-state index in [2.05, 4.69) is 0 Å². The molecule has 0 saturated heterocycles. The van der Waals surface area contributed by atoms with E-state index in [1.807, 2.05) is 0 Å². The third-order valence-electron chi connectivity index (χ3n) is 0. The predicted octanol–water partition coefficient (Wildman–Crippen LogP) is 1.98. The molecule has 0 amide bonds. The maximum atomic E-state index is 4.81. The molecule has 34 valence electrons. The van der Waals surface area contributed by atoms with Gasteiger partial charge in [0, 0.05) is 19.5 Å². The van der Waals surface area contributed by atoms with Crippen molar-refractivity contribution in [2.45, 2.75) is 4.30 Å². The molecular formula is CHCl3Ru. The van der Waals surface area contributed by atoms with Crippen molar-refractivity contribution in [2.75, 3.05) is 0 Å². The number of rotatable bonds is 0. The minimum absolute atomic E-state index is 0. The molecule has 5 heavy (non-hydrogen) atoms. The average molecular weight is 220 g/mol. The molecule has 0 aromatic heterocycles. The molecule has 0 atom stereocenters. The van der Waals surface area contributed by atoms with Crippen molar-refractivity contribution >= 4 is 34.8 Å². The molecule has 0 aliphatic carbocycles. The first-order valence-corrected chi connectivity index (χ1v) is 1.96. The molecule has 0 spiro atoms. The van der Waals surface area contributed by atoms with Gasteiger partial charge in [-0.1, -0.05) is 34.8 Å². The summed E-state index contributed by atoms with van der Waals surface area (Å²) in [4.78, 5) is 0. The Kier molecular flexibility index (Phi) is 10.7. The van der Waals surface area contributed by atoms with E-state index in [0.29, 0.717) is 0 Å². The van der Waals surface area contributed by atoms with Crippen LogP contribution in [0.3, 0.4) is 0 Å². The van der Waals surface area contributed by atoms with E-state index in [-0.39, 0.29) is 19.5 Å². The molecule has 0 rings (SSSR count). The Balaban J connectivity index is 0. The molecule has 0 heterocycles. The Morgan fingerprint density at radius 3 is 1.00 bits per heavy atom. The van der Waals surface area contributed by atoms with Crippen LogP contribution in [-0.2, 0) is 19.5 Å². The smallest absolute Gasteiger partial charge is 0.0874 e. The van der Waals surface area contributed by atoms with Gasteiger partial charge in [0.05, 0.1) is 0 Å². The van der Waals surface area contributed by atoms with Gasteiger partial charge in [-0.05, 0) is 0 Å². The van der Waals surface area contributed by atoms with Crippen LogP contribution in [0.25, 0.3) is 0 Å². The van der Waals surface area contributed by atoms with E-state index in [4.69, 9.17) is 34.8 Å². The van der Waals surface area contributed by atoms with Crippen LogP contribution in [0.15, 0.2) is 0 Å². The minimum Gasteiger partial charge on any atom is -0.0874 e. The van der Waals surface area contributed by atoms with Gasteiger partial charge in [-0.3, -0.25) is 0 Å². The van der Waals surface area contributed by atoms with Crippen molar-refractivity contribution in [2.24, 2.45) is 0 Å². The summed E-state index contributed by atoms with van der Waals surface area (Å²) in [5.74, 6) is 0. The van der Waals surface area contributed by atoms with E-state index >= 15 is 0 Å². The standard InChI is InChI=1S/CHCl3.Ru/c2-1(3)4;/h1H;. The fourth-order valence-corrected chi connectivity index (χ4v) is 0. The Labute approximate surface area is 58.5 Å². The number of halogens is 3. The molecule has 0 bridgehead atoms. The first-order valence-electron chi connectivity index (χ1n) is 0.655. The van der Waals surface area contributed by atoms with E-state index in [9.17, 15) is 0 Å². The van der Waals surface area contributed by atoms with Crippen molar-refractivity contribution in [1.82, 2.24) is 0 Å². The summed E-state index contributed by atoms with van der Waals surface area (Å²) in [5, 5.41) is 0. The maximum absolute atomic E-state index is 4.81. The number of alkyl halides is 3. The molecule has 0 aromatic carbocycles. The SMILES string of the molecule is ClC(Cl)Cl.[Ru].